The van der Waals surface area contributed by atoms with Crippen LogP contribution in [-0.2, 0) is 8.98 Å². The number of halogens is 1. The minimum absolute atomic E-state index is 0.156. The van der Waals surface area contributed by atoms with Crippen LogP contribution in [0.2, 0.25) is 0 Å². The smallest absolute Gasteiger partial charge is 0.325 e. The van der Waals surface area contributed by atoms with E-state index in [0.29, 0.717) is 6.42 Å². The van der Waals surface area contributed by atoms with Crippen molar-refractivity contribution >= 4 is 18.0 Å². The number of carbonyl (C=O) groups is 1. The van der Waals surface area contributed by atoms with E-state index in [2.05, 4.69) is 0 Å². The summed E-state index contributed by atoms with van der Waals surface area (Å²) in [6.45, 7) is 1.88. The van der Waals surface area contributed by atoms with Gasteiger partial charge in [-0.1, -0.05) is 19.1 Å². The molecule has 5 heteroatoms. The number of rotatable bonds is 5. The third-order valence-corrected chi connectivity index (χ3v) is 3.73. The molecule has 0 radical (unpaired) electrons. The second kappa shape index (κ2) is 7.13. The maximum absolute atomic E-state index is 12.9. The van der Waals surface area contributed by atoms with Gasteiger partial charge in [-0.05, 0) is 48.4 Å². The molecular weight excluding hydrogens is 291 g/mol. The van der Waals surface area contributed by atoms with Crippen molar-refractivity contribution in [2.45, 2.75) is 24.2 Å². The molecule has 0 fully saturated rings. The highest BCUT2D eigenvalue weighted by molar-refractivity contribution is 7.95. The number of aromatic hydroxyl groups is 1. The van der Waals surface area contributed by atoms with Crippen LogP contribution in [-0.4, -0.2) is 11.1 Å². The Bertz CT molecular complexity index is 596. The maximum atomic E-state index is 12.9. The lowest BCUT2D eigenvalue weighted by Gasteiger charge is -2.13. The number of hydrogen-bond acceptors (Lipinski definition) is 4. The first-order valence-electron chi connectivity index (χ1n) is 6.53. The van der Waals surface area contributed by atoms with Crippen molar-refractivity contribution in [3.05, 3.63) is 59.9 Å². The molecule has 2 aromatic carbocycles. The van der Waals surface area contributed by atoms with Gasteiger partial charge in [-0.2, -0.15) is 0 Å². The molecule has 110 valence electrons. The fourth-order valence-corrected chi connectivity index (χ4v) is 2.42. The monoisotopic (exact) mass is 306 g/mol. The molecule has 0 aliphatic heterocycles. The van der Waals surface area contributed by atoms with Crippen LogP contribution < -0.4 is 0 Å². The summed E-state index contributed by atoms with van der Waals surface area (Å²) in [5.41, 5.74) is 0.732. The van der Waals surface area contributed by atoms with Gasteiger partial charge in [0.1, 0.15) is 11.6 Å². The van der Waals surface area contributed by atoms with Crippen LogP contribution in [0.15, 0.2) is 53.4 Å². The standard InChI is InChI=1S/C16H15FO3S/c1-2-15(11-3-5-12(17)6-4-11)16(19)20-21-14-9-7-13(18)8-10-14/h3-10,15,18H,2H2,1H3. The minimum atomic E-state index is -0.421. The Balaban J connectivity index is 2.00. The summed E-state index contributed by atoms with van der Waals surface area (Å²) in [4.78, 5) is 12.8. The van der Waals surface area contributed by atoms with E-state index in [1.807, 2.05) is 6.92 Å². The highest BCUT2D eigenvalue weighted by atomic mass is 32.2. The molecule has 1 unspecified atom stereocenters. The van der Waals surface area contributed by atoms with E-state index in [1.54, 1.807) is 24.3 Å². The van der Waals surface area contributed by atoms with Gasteiger partial charge in [0.05, 0.1) is 18.0 Å². The number of benzene rings is 2. The Kier molecular flexibility index (Phi) is 5.22. The molecule has 0 bridgehead atoms. The molecule has 0 saturated carbocycles. The molecule has 0 aliphatic rings. The van der Waals surface area contributed by atoms with E-state index >= 15 is 0 Å². The topological polar surface area (TPSA) is 46.5 Å². The van der Waals surface area contributed by atoms with E-state index in [1.165, 1.54) is 24.3 Å². The van der Waals surface area contributed by atoms with Crippen molar-refractivity contribution in [2.75, 3.05) is 0 Å². The van der Waals surface area contributed by atoms with E-state index < -0.39 is 5.92 Å². The summed E-state index contributed by atoms with van der Waals surface area (Å²) >= 11 is 0.944. The van der Waals surface area contributed by atoms with Crippen molar-refractivity contribution in [3.8, 4) is 5.75 Å². The van der Waals surface area contributed by atoms with E-state index in [9.17, 15) is 14.3 Å². The summed E-state index contributed by atoms with van der Waals surface area (Å²) < 4.78 is 18.1. The molecule has 0 aromatic heterocycles. The number of phenols is 1. The lowest BCUT2D eigenvalue weighted by atomic mass is 9.97. The summed E-state index contributed by atoms with van der Waals surface area (Å²) in [6, 6.07) is 12.2. The first kappa shape index (κ1) is 15.4. The minimum Gasteiger partial charge on any atom is -0.508 e. The van der Waals surface area contributed by atoms with Gasteiger partial charge in [-0.25, -0.2) is 4.39 Å². The Morgan fingerprint density at radius 2 is 1.81 bits per heavy atom. The normalized spacial score (nSPS) is 11.9. The number of carbonyl (C=O) groups excluding carboxylic acids is 1. The van der Waals surface area contributed by atoms with Crippen molar-refractivity contribution in [1.29, 1.82) is 0 Å². The van der Waals surface area contributed by atoms with Crippen molar-refractivity contribution < 1.29 is 18.5 Å². The largest absolute Gasteiger partial charge is 0.508 e. The molecule has 0 amide bonds. The Labute approximate surface area is 127 Å². The molecule has 2 rings (SSSR count). The SMILES string of the molecule is CCC(C(=O)OSc1ccc(O)cc1)c1ccc(F)cc1. The lowest BCUT2D eigenvalue weighted by Crippen LogP contribution is -2.12. The quantitative estimate of drug-likeness (QED) is 0.838. The van der Waals surface area contributed by atoms with Gasteiger partial charge in [0.15, 0.2) is 0 Å². The third-order valence-electron chi connectivity index (χ3n) is 3.02. The second-order valence-corrected chi connectivity index (χ2v) is 5.30. The zero-order valence-electron chi connectivity index (χ0n) is 11.5. The zero-order valence-corrected chi connectivity index (χ0v) is 12.3. The Morgan fingerprint density at radius 3 is 2.38 bits per heavy atom. The molecule has 0 spiro atoms. The lowest BCUT2D eigenvalue weighted by molar-refractivity contribution is -0.134. The van der Waals surface area contributed by atoms with Crippen LogP contribution in [0.1, 0.15) is 24.8 Å². The fraction of sp³-hybridized carbons (Fsp3) is 0.188. The molecule has 1 atom stereocenters. The summed E-state index contributed by atoms with van der Waals surface area (Å²) in [5.74, 6) is -0.971. The number of phenolic OH excluding ortho intramolecular Hbond substituents is 1. The number of hydrogen-bond donors (Lipinski definition) is 1. The predicted octanol–water partition coefficient (Wildman–Crippen LogP) is 4.28. The van der Waals surface area contributed by atoms with Crippen LogP contribution in [0.4, 0.5) is 4.39 Å². The average Bonchev–Trinajstić information content (AvgIpc) is 2.49. The van der Waals surface area contributed by atoms with Crippen molar-refractivity contribution in [1.82, 2.24) is 0 Å². The second-order valence-electron chi connectivity index (χ2n) is 4.49. The van der Waals surface area contributed by atoms with Crippen LogP contribution in [0.5, 0.6) is 5.75 Å². The maximum Gasteiger partial charge on any atom is 0.325 e. The van der Waals surface area contributed by atoms with Crippen LogP contribution >= 0.6 is 12.0 Å². The first-order chi connectivity index (χ1) is 10.1. The molecule has 0 saturated heterocycles. The zero-order chi connectivity index (χ0) is 15.2. The Hall–Kier alpha value is -2.01. The van der Waals surface area contributed by atoms with E-state index in [-0.39, 0.29) is 17.5 Å². The van der Waals surface area contributed by atoms with Gasteiger partial charge in [-0.15, -0.1) is 0 Å². The van der Waals surface area contributed by atoms with Gasteiger partial charge in [0, 0.05) is 4.90 Å². The summed E-state index contributed by atoms with van der Waals surface area (Å²) in [5, 5.41) is 9.18. The fourth-order valence-electron chi connectivity index (χ4n) is 1.88. The van der Waals surface area contributed by atoms with Crippen molar-refractivity contribution in [2.24, 2.45) is 0 Å². The van der Waals surface area contributed by atoms with Gasteiger partial charge >= 0.3 is 5.97 Å². The van der Waals surface area contributed by atoms with E-state index in [4.69, 9.17) is 4.18 Å². The summed E-state index contributed by atoms with van der Waals surface area (Å²) in [7, 11) is 0. The molecule has 1 N–H and O–H groups in total. The van der Waals surface area contributed by atoms with Gasteiger partial charge < -0.3 is 9.29 Å². The van der Waals surface area contributed by atoms with Gasteiger partial charge in [0.2, 0.25) is 0 Å². The summed E-state index contributed by atoms with van der Waals surface area (Å²) in [6.07, 6.45) is 0.570. The molecule has 0 heterocycles. The molecular formula is C16H15FO3S. The van der Waals surface area contributed by atoms with Crippen LogP contribution in [0.25, 0.3) is 0 Å². The Morgan fingerprint density at radius 1 is 1.19 bits per heavy atom. The highest BCUT2D eigenvalue weighted by Gasteiger charge is 2.21. The molecule has 2 aromatic rings. The van der Waals surface area contributed by atoms with E-state index in [0.717, 1.165) is 22.5 Å². The highest BCUT2D eigenvalue weighted by Crippen LogP contribution is 2.27. The van der Waals surface area contributed by atoms with Crippen molar-refractivity contribution in [3.63, 3.8) is 0 Å². The average molecular weight is 306 g/mol. The van der Waals surface area contributed by atoms with Crippen LogP contribution in [0.3, 0.4) is 0 Å². The molecule has 21 heavy (non-hydrogen) atoms. The molecule has 3 nitrogen and oxygen atoms in total. The molecule has 0 aliphatic carbocycles. The van der Waals surface area contributed by atoms with Gasteiger partial charge in [-0.3, -0.25) is 4.79 Å². The van der Waals surface area contributed by atoms with Gasteiger partial charge in [0.25, 0.3) is 0 Å². The first-order valence-corrected chi connectivity index (χ1v) is 7.27. The third kappa shape index (κ3) is 4.23. The predicted molar refractivity (Wildman–Crippen MR) is 79.5 cm³/mol. The van der Waals surface area contributed by atoms with Crippen LogP contribution in [0, 0.1) is 5.82 Å².